The SMILES string of the molecule is CC(C)CCN(C)S(=O)(=O)c1cnc(NN)nc1. The van der Waals surface area contributed by atoms with E-state index >= 15 is 0 Å². The van der Waals surface area contributed by atoms with Crippen molar-refractivity contribution in [1.29, 1.82) is 0 Å². The first-order valence-electron chi connectivity index (χ1n) is 5.63. The summed E-state index contributed by atoms with van der Waals surface area (Å²) in [6, 6.07) is 0. The number of hydrogen-bond acceptors (Lipinski definition) is 6. The Labute approximate surface area is 107 Å². The Morgan fingerprint density at radius 3 is 2.39 bits per heavy atom. The third kappa shape index (κ3) is 3.62. The molecule has 1 rings (SSSR count). The first-order chi connectivity index (χ1) is 8.37. The van der Waals surface area contributed by atoms with Crippen LogP contribution in [0.25, 0.3) is 0 Å². The van der Waals surface area contributed by atoms with Crippen molar-refractivity contribution < 1.29 is 8.42 Å². The molecule has 102 valence electrons. The summed E-state index contributed by atoms with van der Waals surface area (Å²) in [6.07, 6.45) is 3.28. The fourth-order valence-corrected chi connectivity index (χ4v) is 2.34. The van der Waals surface area contributed by atoms with Gasteiger partial charge >= 0.3 is 0 Å². The van der Waals surface area contributed by atoms with Crippen LogP contribution in [0.15, 0.2) is 17.3 Å². The molecule has 1 aromatic rings. The van der Waals surface area contributed by atoms with E-state index in [-0.39, 0.29) is 10.8 Å². The zero-order chi connectivity index (χ0) is 13.8. The summed E-state index contributed by atoms with van der Waals surface area (Å²) in [4.78, 5) is 7.64. The van der Waals surface area contributed by atoms with E-state index in [1.54, 1.807) is 7.05 Å². The van der Waals surface area contributed by atoms with E-state index in [2.05, 4.69) is 15.4 Å². The molecule has 1 aromatic heterocycles. The molecule has 0 saturated heterocycles. The summed E-state index contributed by atoms with van der Waals surface area (Å²) in [5.74, 6) is 5.74. The van der Waals surface area contributed by atoms with Crippen LogP contribution >= 0.6 is 0 Å². The summed E-state index contributed by atoms with van der Waals surface area (Å²) in [5.41, 5.74) is 2.24. The lowest BCUT2D eigenvalue weighted by Crippen LogP contribution is -2.29. The number of anilines is 1. The van der Waals surface area contributed by atoms with Crippen molar-refractivity contribution in [3.05, 3.63) is 12.4 Å². The Hall–Kier alpha value is -1.25. The lowest BCUT2D eigenvalue weighted by molar-refractivity contribution is 0.427. The molecule has 0 radical (unpaired) electrons. The summed E-state index contributed by atoms with van der Waals surface area (Å²) in [7, 11) is -1.97. The van der Waals surface area contributed by atoms with Crippen LogP contribution < -0.4 is 11.3 Å². The first-order valence-corrected chi connectivity index (χ1v) is 7.07. The van der Waals surface area contributed by atoms with Crippen LogP contribution in [0.4, 0.5) is 5.95 Å². The van der Waals surface area contributed by atoms with E-state index in [1.165, 1.54) is 16.7 Å². The lowest BCUT2D eigenvalue weighted by atomic mass is 10.1. The molecule has 0 fully saturated rings. The van der Waals surface area contributed by atoms with E-state index in [9.17, 15) is 8.42 Å². The molecule has 3 N–H and O–H groups in total. The Morgan fingerprint density at radius 2 is 1.94 bits per heavy atom. The predicted octanol–water partition coefficient (Wildman–Crippen LogP) is 0.429. The highest BCUT2D eigenvalue weighted by Crippen LogP contribution is 2.14. The van der Waals surface area contributed by atoms with Crippen LogP contribution in [0.3, 0.4) is 0 Å². The molecule has 18 heavy (non-hydrogen) atoms. The van der Waals surface area contributed by atoms with E-state index < -0.39 is 10.0 Å². The average molecular weight is 273 g/mol. The Bertz CT molecular complexity index is 472. The van der Waals surface area contributed by atoms with Gasteiger partial charge in [0.05, 0.1) is 12.4 Å². The minimum absolute atomic E-state index is 0.0627. The Kier molecular flexibility index (Phi) is 5.00. The topological polar surface area (TPSA) is 101 Å². The number of nitrogens with one attached hydrogen (secondary N) is 1. The summed E-state index contributed by atoms with van der Waals surface area (Å²) in [6.45, 7) is 4.56. The van der Waals surface area contributed by atoms with Crippen molar-refractivity contribution in [3.8, 4) is 0 Å². The molecule has 0 unspecified atom stereocenters. The van der Waals surface area contributed by atoms with Gasteiger partial charge in [-0.1, -0.05) is 13.8 Å². The van der Waals surface area contributed by atoms with Crippen LogP contribution in [0.5, 0.6) is 0 Å². The van der Waals surface area contributed by atoms with Gasteiger partial charge in [0, 0.05) is 13.6 Å². The molecule has 1 heterocycles. The second-order valence-electron chi connectivity index (χ2n) is 4.40. The molecule has 8 heteroatoms. The van der Waals surface area contributed by atoms with Gasteiger partial charge in [-0.15, -0.1) is 0 Å². The van der Waals surface area contributed by atoms with E-state index in [0.717, 1.165) is 6.42 Å². The van der Waals surface area contributed by atoms with Gasteiger partial charge in [0.15, 0.2) is 0 Å². The third-order valence-corrected chi connectivity index (χ3v) is 4.30. The first kappa shape index (κ1) is 14.8. The predicted molar refractivity (Wildman–Crippen MR) is 69.1 cm³/mol. The second-order valence-corrected chi connectivity index (χ2v) is 6.44. The normalized spacial score (nSPS) is 12.1. The standard InChI is InChI=1S/C10H19N5O2S/c1-8(2)4-5-15(3)18(16,17)9-6-12-10(14-11)13-7-9/h6-8H,4-5,11H2,1-3H3,(H,12,13,14). The smallest absolute Gasteiger partial charge is 0.245 e. The van der Waals surface area contributed by atoms with Crippen molar-refractivity contribution in [2.24, 2.45) is 11.8 Å². The van der Waals surface area contributed by atoms with Crippen LogP contribution in [0, 0.1) is 5.92 Å². The Balaban J connectivity index is 2.84. The van der Waals surface area contributed by atoms with Gasteiger partial charge in [-0.3, -0.25) is 5.43 Å². The summed E-state index contributed by atoms with van der Waals surface area (Å²) >= 11 is 0. The van der Waals surface area contributed by atoms with Crippen molar-refractivity contribution in [1.82, 2.24) is 14.3 Å². The summed E-state index contributed by atoms with van der Waals surface area (Å²) in [5, 5.41) is 0. The molecule has 7 nitrogen and oxygen atoms in total. The summed E-state index contributed by atoms with van der Waals surface area (Å²) < 4.78 is 25.6. The molecule has 0 aliphatic heterocycles. The molecular weight excluding hydrogens is 254 g/mol. The molecule has 0 atom stereocenters. The second kappa shape index (κ2) is 6.07. The highest BCUT2D eigenvalue weighted by molar-refractivity contribution is 7.89. The average Bonchev–Trinajstić information content (AvgIpc) is 2.35. The van der Waals surface area contributed by atoms with E-state index in [1.807, 2.05) is 13.8 Å². The fraction of sp³-hybridized carbons (Fsp3) is 0.600. The Morgan fingerprint density at radius 1 is 1.39 bits per heavy atom. The molecule has 0 spiro atoms. The van der Waals surface area contributed by atoms with E-state index in [0.29, 0.717) is 12.5 Å². The molecule has 0 aliphatic carbocycles. The van der Waals surface area contributed by atoms with Crippen molar-refractivity contribution in [2.75, 3.05) is 19.0 Å². The van der Waals surface area contributed by atoms with Crippen molar-refractivity contribution in [3.63, 3.8) is 0 Å². The largest absolute Gasteiger partial charge is 0.292 e. The van der Waals surface area contributed by atoms with Gasteiger partial charge in [-0.25, -0.2) is 28.5 Å². The monoisotopic (exact) mass is 273 g/mol. The third-order valence-electron chi connectivity index (χ3n) is 2.49. The number of nitrogens with two attached hydrogens (primary N) is 1. The number of nitrogens with zero attached hydrogens (tertiary/aromatic N) is 3. The van der Waals surface area contributed by atoms with Gasteiger partial charge in [0.2, 0.25) is 16.0 Å². The molecule has 0 aliphatic rings. The number of hydrazine groups is 1. The maximum atomic E-state index is 12.1. The van der Waals surface area contributed by atoms with Gasteiger partial charge in [0.1, 0.15) is 4.90 Å². The molecular formula is C10H19N5O2S. The number of nitrogen functional groups attached to an aromatic ring is 1. The number of aromatic nitrogens is 2. The zero-order valence-corrected chi connectivity index (χ0v) is 11.6. The number of rotatable bonds is 6. The number of sulfonamides is 1. The minimum atomic E-state index is -3.52. The zero-order valence-electron chi connectivity index (χ0n) is 10.8. The van der Waals surface area contributed by atoms with Crippen LogP contribution in [-0.4, -0.2) is 36.3 Å². The van der Waals surface area contributed by atoms with Gasteiger partial charge < -0.3 is 0 Å². The van der Waals surface area contributed by atoms with E-state index in [4.69, 9.17) is 5.84 Å². The van der Waals surface area contributed by atoms with Gasteiger partial charge in [-0.05, 0) is 12.3 Å². The molecule has 0 saturated carbocycles. The highest BCUT2D eigenvalue weighted by Gasteiger charge is 2.21. The van der Waals surface area contributed by atoms with Crippen LogP contribution in [-0.2, 0) is 10.0 Å². The maximum Gasteiger partial charge on any atom is 0.245 e. The highest BCUT2D eigenvalue weighted by atomic mass is 32.2. The van der Waals surface area contributed by atoms with Crippen LogP contribution in [0.1, 0.15) is 20.3 Å². The van der Waals surface area contributed by atoms with Crippen molar-refractivity contribution >= 4 is 16.0 Å². The van der Waals surface area contributed by atoms with Gasteiger partial charge in [0.25, 0.3) is 0 Å². The molecule has 0 aromatic carbocycles. The van der Waals surface area contributed by atoms with Gasteiger partial charge in [-0.2, -0.15) is 0 Å². The minimum Gasteiger partial charge on any atom is -0.292 e. The molecule has 0 amide bonds. The lowest BCUT2D eigenvalue weighted by Gasteiger charge is -2.17. The van der Waals surface area contributed by atoms with Crippen LogP contribution in [0.2, 0.25) is 0 Å². The molecule has 0 bridgehead atoms. The quantitative estimate of drug-likeness (QED) is 0.575. The maximum absolute atomic E-state index is 12.1. The number of hydrogen-bond donors (Lipinski definition) is 2. The fourth-order valence-electron chi connectivity index (χ4n) is 1.26. The van der Waals surface area contributed by atoms with Crippen molar-refractivity contribution in [2.45, 2.75) is 25.2 Å².